The SMILES string of the molecule is CCC(C)(C)C1CCC(NCCC2CCN(C)CC2)CC1. The quantitative estimate of drug-likeness (QED) is 0.785. The van der Waals surface area contributed by atoms with E-state index >= 15 is 0 Å². The van der Waals surface area contributed by atoms with Crippen LogP contribution in [0.2, 0.25) is 0 Å². The van der Waals surface area contributed by atoms with Gasteiger partial charge in [-0.15, -0.1) is 0 Å². The van der Waals surface area contributed by atoms with E-state index in [2.05, 4.69) is 38.0 Å². The Morgan fingerprint density at radius 1 is 1.00 bits per heavy atom. The van der Waals surface area contributed by atoms with Crippen molar-refractivity contribution in [2.24, 2.45) is 17.3 Å². The molecule has 1 saturated carbocycles. The van der Waals surface area contributed by atoms with Crippen molar-refractivity contribution in [3.63, 3.8) is 0 Å². The summed E-state index contributed by atoms with van der Waals surface area (Å²) in [6.45, 7) is 11.1. The van der Waals surface area contributed by atoms with Crippen LogP contribution in [0.3, 0.4) is 0 Å². The van der Waals surface area contributed by atoms with Crippen LogP contribution in [-0.2, 0) is 0 Å². The summed E-state index contributed by atoms with van der Waals surface area (Å²) in [7, 11) is 2.25. The van der Waals surface area contributed by atoms with Gasteiger partial charge in [0.1, 0.15) is 0 Å². The van der Waals surface area contributed by atoms with Gasteiger partial charge in [0.2, 0.25) is 0 Å². The molecule has 0 unspecified atom stereocenters. The summed E-state index contributed by atoms with van der Waals surface area (Å²) in [5.74, 6) is 1.93. The van der Waals surface area contributed by atoms with Gasteiger partial charge in [-0.1, -0.05) is 27.2 Å². The maximum absolute atomic E-state index is 3.86. The molecular formula is C19H38N2. The van der Waals surface area contributed by atoms with Gasteiger partial charge in [0.05, 0.1) is 0 Å². The molecule has 2 nitrogen and oxygen atoms in total. The number of rotatable bonds is 6. The molecule has 2 heteroatoms. The minimum Gasteiger partial charge on any atom is -0.314 e. The lowest BCUT2D eigenvalue weighted by Crippen LogP contribution is -2.38. The van der Waals surface area contributed by atoms with Crippen LogP contribution in [0, 0.1) is 17.3 Å². The maximum Gasteiger partial charge on any atom is 0.00672 e. The van der Waals surface area contributed by atoms with Gasteiger partial charge in [-0.2, -0.15) is 0 Å². The van der Waals surface area contributed by atoms with Crippen molar-refractivity contribution >= 4 is 0 Å². The van der Waals surface area contributed by atoms with Crippen LogP contribution in [0.15, 0.2) is 0 Å². The van der Waals surface area contributed by atoms with Crippen LogP contribution in [-0.4, -0.2) is 37.6 Å². The van der Waals surface area contributed by atoms with Crippen molar-refractivity contribution in [3.05, 3.63) is 0 Å². The van der Waals surface area contributed by atoms with Crippen LogP contribution in [0.5, 0.6) is 0 Å². The molecule has 1 aliphatic heterocycles. The molecule has 0 aromatic rings. The van der Waals surface area contributed by atoms with E-state index in [4.69, 9.17) is 0 Å². The first-order valence-electron chi connectivity index (χ1n) is 9.43. The lowest BCUT2D eigenvalue weighted by molar-refractivity contribution is 0.136. The Hall–Kier alpha value is -0.0800. The van der Waals surface area contributed by atoms with Gasteiger partial charge in [-0.05, 0) is 88.9 Å². The fourth-order valence-electron chi connectivity index (χ4n) is 4.21. The topological polar surface area (TPSA) is 15.3 Å². The molecule has 0 amide bonds. The highest BCUT2D eigenvalue weighted by Gasteiger charge is 2.31. The Morgan fingerprint density at radius 2 is 1.62 bits per heavy atom. The zero-order valence-electron chi connectivity index (χ0n) is 15.0. The van der Waals surface area contributed by atoms with Crippen LogP contribution >= 0.6 is 0 Å². The molecule has 1 saturated heterocycles. The van der Waals surface area contributed by atoms with Gasteiger partial charge < -0.3 is 10.2 Å². The normalized spacial score (nSPS) is 29.7. The zero-order chi connectivity index (χ0) is 15.3. The molecule has 2 fully saturated rings. The summed E-state index contributed by atoms with van der Waals surface area (Å²) < 4.78 is 0. The largest absolute Gasteiger partial charge is 0.314 e. The third-order valence-electron chi connectivity index (χ3n) is 6.57. The van der Waals surface area contributed by atoms with E-state index in [0.717, 1.165) is 17.9 Å². The van der Waals surface area contributed by atoms with Crippen molar-refractivity contribution in [2.45, 2.75) is 78.2 Å². The van der Waals surface area contributed by atoms with Crippen molar-refractivity contribution < 1.29 is 0 Å². The molecule has 2 rings (SSSR count). The molecule has 0 aromatic heterocycles. The molecule has 1 heterocycles. The van der Waals surface area contributed by atoms with Gasteiger partial charge in [-0.25, -0.2) is 0 Å². The van der Waals surface area contributed by atoms with Crippen LogP contribution in [0.25, 0.3) is 0 Å². The lowest BCUT2D eigenvalue weighted by Gasteiger charge is -2.39. The van der Waals surface area contributed by atoms with Gasteiger partial charge in [-0.3, -0.25) is 0 Å². The molecule has 2 aliphatic rings. The van der Waals surface area contributed by atoms with Crippen molar-refractivity contribution in [3.8, 4) is 0 Å². The molecule has 21 heavy (non-hydrogen) atoms. The summed E-state index contributed by atoms with van der Waals surface area (Å²) in [6.07, 6.45) is 11.2. The van der Waals surface area contributed by atoms with E-state index in [1.165, 1.54) is 71.0 Å². The van der Waals surface area contributed by atoms with Crippen molar-refractivity contribution in [1.82, 2.24) is 10.2 Å². The molecule has 1 N–H and O–H groups in total. The molecule has 124 valence electrons. The summed E-state index contributed by atoms with van der Waals surface area (Å²) in [5, 5.41) is 3.86. The standard InChI is InChI=1S/C19H38N2/c1-5-19(2,3)17-6-8-18(9-7-17)20-13-10-16-11-14-21(4)15-12-16/h16-18,20H,5-15H2,1-4H3. The van der Waals surface area contributed by atoms with Gasteiger partial charge >= 0.3 is 0 Å². The first kappa shape index (κ1) is 17.3. The third-order valence-corrected chi connectivity index (χ3v) is 6.57. The number of likely N-dealkylation sites (tertiary alicyclic amines) is 1. The number of hydrogen-bond acceptors (Lipinski definition) is 2. The molecule has 0 spiro atoms. The van der Waals surface area contributed by atoms with Gasteiger partial charge in [0, 0.05) is 6.04 Å². The number of piperidine rings is 1. The number of nitrogens with one attached hydrogen (secondary N) is 1. The summed E-state index contributed by atoms with van der Waals surface area (Å²) in [6, 6.07) is 0.806. The molecule has 0 bridgehead atoms. The molecule has 0 radical (unpaired) electrons. The highest BCUT2D eigenvalue weighted by molar-refractivity contribution is 4.85. The Bertz CT molecular complexity index is 284. The van der Waals surface area contributed by atoms with E-state index in [1.807, 2.05) is 0 Å². The monoisotopic (exact) mass is 294 g/mol. The highest BCUT2D eigenvalue weighted by Crippen LogP contribution is 2.40. The number of hydrogen-bond donors (Lipinski definition) is 1. The smallest absolute Gasteiger partial charge is 0.00672 e. The summed E-state index contributed by atoms with van der Waals surface area (Å²) >= 11 is 0. The number of nitrogens with zero attached hydrogens (tertiary/aromatic N) is 1. The summed E-state index contributed by atoms with van der Waals surface area (Å²) in [5.41, 5.74) is 0.555. The van der Waals surface area contributed by atoms with E-state index in [9.17, 15) is 0 Å². The fourth-order valence-corrected chi connectivity index (χ4v) is 4.21. The maximum atomic E-state index is 3.86. The second-order valence-corrected chi connectivity index (χ2v) is 8.38. The Morgan fingerprint density at radius 3 is 2.19 bits per heavy atom. The third kappa shape index (κ3) is 5.25. The predicted molar refractivity (Wildman–Crippen MR) is 92.7 cm³/mol. The fraction of sp³-hybridized carbons (Fsp3) is 1.00. The lowest BCUT2D eigenvalue weighted by atomic mass is 9.69. The Kier molecular flexibility index (Phi) is 6.55. The van der Waals surface area contributed by atoms with E-state index in [-0.39, 0.29) is 0 Å². The van der Waals surface area contributed by atoms with Crippen LogP contribution in [0.4, 0.5) is 0 Å². The predicted octanol–water partition coefficient (Wildman–Crippen LogP) is 4.30. The minimum atomic E-state index is 0.555. The van der Waals surface area contributed by atoms with Gasteiger partial charge in [0.15, 0.2) is 0 Å². The summed E-state index contributed by atoms with van der Waals surface area (Å²) in [4.78, 5) is 2.47. The first-order chi connectivity index (χ1) is 10.0. The van der Waals surface area contributed by atoms with Gasteiger partial charge in [0.25, 0.3) is 0 Å². The Labute approximate surface area is 133 Å². The van der Waals surface area contributed by atoms with Crippen molar-refractivity contribution in [1.29, 1.82) is 0 Å². The minimum absolute atomic E-state index is 0.555. The molecule has 0 aromatic carbocycles. The van der Waals surface area contributed by atoms with Crippen LogP contribution < -0.4 is 5.32 Å². The van der Waals surface area contributed by atoms with Crippen LogP contribution in [0.1, 0.15) is 72.1 Å². The molecular weight excluding hydrogens is 256 g/mol. The molecule has 0 atom stereocenters. The first-order valence-corrected chi connectivity index (χ1v) is 9.43. The second-order valence-electron chi connectivity index (χ2n) is 8.38. The average Bonchev–Trinajstić information content (AvgIpc) is 2.50. The molecule has 1 aliphatic carbocycles. The van der Waals surface area contributed by atoms with E-state index in [0.29, 0.717) is 5.41 Å². The zero-order valence-corrected chi connectivity index (χ0v) is 15.0. The average molecular weight is 295 g/mol. The highest BCUT2D eigenvalue weighted by atomic mass is 15.1. The second kappa shape index (κ2) is 7.97. The van der Waals surface area contributed by atoms with E-state index < -0.39 is 0 Å². The van der Waals surface area contributed by atoms with Crippen molar-refractivity contribution in [2.75, 3.05) is 26.7 Å². The Balaban J connectivity index is 1.59. The van der Waals surface area contributed by atoms with E-state index in [1.54, 1.807) is 0 Å².